The largest absolute Gasteiger partial charge is 0.309 e. The van der Waals surface area contributed by atoms with Gasteiger partial charge in [-0.1, -0.05) is 0 Å². The predicted octanol–water partition coefficient (Wildman–Crippen LogP) is 5.36. The number of rotatable bonds is 3. The minimum absolute atomic E-state index is 0.252. The highest BCUT2D eigenvalue weighted by atomic mass is 79.9. The van der Waals surface area contributed by atoms with E-state index in [0.717, 1.165) is 0 Å². The summed E-state index contributed by atoms with van der Waals surface area (Å²) in [5, 5.41) is 5.64. The van der Waals surface area contributed by atoms with Gasteiger partial charge < -0.3 is 5.32 Å². The number of benzene rings is 1. The lowest BCUT2D eigenvalue weighted by Gasteiger charge is -2.25. The van der Waals surface area contributed by atoms with Crippen LogP contribution in [-0.2, 0) is 0 Å². The molecule has 2 rings (SSSR count). The molecule has 0 amide bonds. The molecule has 1 unspecified atom stereocenters. The molecule has 0 aliphatic carbocycles. The van der Waals surface area contributed by atoms with Crippen molar-refractivity contribution in [2.45, 2.75) is 40.7 Å². The van der Waals surface area contributed by atoms with Crippen LogP contribution in [0.5, 0.6) is 0 Å². The first-order valence-electron chi connectivity index (χ1n) is 6.87. The third kappa shape index (κ3) is 2.47. The van der Waals surface area contributed by atoms with E-state index in [2.05, 4.69) is 67.3 Å². The summed E-state index contributed by atoms with van der Waals surface area (Å²) >= 11 is 5.48. The molecule has 1 atom stereocenters. The molecule has 1 aromatic carbocycles. The molecule has 0 saturated heterocycles. The van der Waals surface area contributed by atoms with Crippen LogP contribution in [0.25, 0.3) is 0 Å². The van der Waals surface area contributed by atoms with Gasteiger partial charge in [-0.05, 0) is 102 Å². The Labute approximate surface area is 134 Å². The molecule has 0 fully saturated rings. The first-order chi connectivity index (χ1) is 9.40. The van der Waals surface area contributed by atoms with Crippen molar-refractivity contribution < 1.29 is 0 Å². The van der Waals surface area contributed by atoms with E-state index in [1.807, 2.05) is 7.05 Å². The second-order valence-corrected chi connectivity index (χ2v) is 7.20. The van der Waals surface area contributed by atoms with Crippen LogP contribution in [0, 0.1) is 34.6 Å². The van der Waals surface area contributed by atoms with Gasteiger partial charge in [0, 0.05) is 9.35 Å². The number of hydrogen-bond acceptors (Lipinski definition) is 2. The van der Waals surface area contributed by atoms with E-state index in [1.54, 1.807) is 11.3 Å². The van der Waals surface area contributed by atoms with Crippen molar-refractivity contribution in [3.05, 3.63) is 54.2 Å². The highest BCUT2D eigenvalue weighted by Crippen LogP contribution is 2.38. The average Bonchev–Trinajstić information content (AvgIpc) is 2.85. The quantitative estimate of drug-likeness (QED) is 0.784. The Morgan fingerprint density at radius 3 is 1.85 bits per heavy atom. The van der Waals surface area contributed by atoms with Crippen LogP contribution in [0.1, 0.15) is 44.3 Å². The van der Waals surface area contributed by atoms with Crippen LogP contribution in [0.3, 0.4) is 0 Å². The summed E-state index contributed by atoms with van der Waals surface area (Å²) in [5.74, 6) is 0. The smallest absolute Gasteiger partial charge is 0.0685 e. The van der Waals surface area contributed by atoms with Crippen molar-refractivity contribution in [1.82, 2.24) is 5.32 Å². The van der Waals surface area contributed by atoms with Gasteiger partial charge >= 0.3 is 0 Å². The van der Waals surface area contributed by atoms with Crippen molar-refractivity contribution in [1.29, 1.82) is 0 Å². The third-order valence-corrected chi connectivity index (χ3v) is 6.48. The van der Waals surface area contributed by atoms with Gasteiger partial charge in [0.2, 0.25) is 0 Å². The van der Waals surface area contributed by atoms with Crippen molar-refractivity contribution in [2.75, 3.05) is 7.05 Å². The molecule has 0 aliphatic heterocycles. The maximum Gasteiger partial charge on any atom is 0.0685 e. The van der Waals surface area contributed by atoms with Crippen LogP contribution < -0.4 is 5.32 Å². The fraction of sp³-hybridized carbons (Fsp3) is 0.412. The molecule has 20 heavy (non-hydrogen) atoms. The highest BCUT2D eigenvalue weighted by Gasteiger charge is 2.23. The van der Waals surface area contributed by atoms with Crippen molar-refractivity contribution in [3.8, 4) is 0 Å². The molecule has 0 spiro atoms. The maximum atomic E-state index is 3.68. The van der Waals surface area contributed by atoms with E-state index in [-0.39, 0.29) is 6.04 Å². The Bertz CT molecular complexity index is 614. The zero-order valence-corrected chi connectivity index (χ0v) is 15.4. The van der Waals surface area contributed by atoms with Crippen LogP contribution in [-0.4, -0.2) is 7.05 Å². The summed E-state index contributed by atoms with van der Waals surface area (Å²) in [6, 6.07) is 2.38. The van der Waals surface area contributed by atoms with Crippen molar-refractivity contribution >= 4 is 27.3 Å². The summed E-state index contributed by atoms with van der Waals surface area (Å²) in [7, 11) is 2.04. The molecule has 0 aliphatic rings. The molecule has 0 saturated carbocycles. The van der Waals surface area contributed by atoms with Gasteiger partial charge in [0.15, 0.2) is 0 Å². The predicted molar refractivity (Wildman–Crippen MR) is 93.0 cm³/mol. The lowest BCUT2D eigenvalue weighted by molar-refractivity contribution is 0.690. The minimum Gasteiger partial charge on any atom is -0.309 e. The zero-order chi connectivity index (χ0) is 15.0. The Hall–Kier alpha value is -0.640. The summed E-state index contributed by atoms with van der Waals surface area (Å²) < 4.78 is 1.19. The molecule has 2 aromatic rings. The molecular weight excluding hydrogens is 330 g/mol. The second-order valence-electron chi connectivity index (χ2n) is 5.39. The number of halogens is 1. The summed E-state index contributed by atoms with van der Waals surface area (Å²) in [6.07, 6.45) is 0. The van der Waals surface area contributed by atoms with Crippen molar-refractivity contribution in [3.63, 3.8) is 0 Å². The molecule has 1 heterocycles. The Morgan fingerprint density at radius 1 is 0.950 bits per heavy atom. The fourth-order valence-electron chi connectivity index (χ4n) is 2.88. The van der Waals surface area contributed by atoms with Crippen LogP contribution in [0.2, 0.25) is 0 Å². The Balaban J connectivity index is 2.71. The van der Waals surface area contributed by atoms with Crippen LogP contribution >= 0.6 is 27.3 Å². The number of thiophene rings is 1. The molecule has 3 heteroatoms. The first kappa shape index (κ1) is 15.7. The van der Waals surface area contributed by atoms with E-state index < -0.39 is 0 Å². The van der Waals surface area contributed by atoms with Gasteiger partial charge in [-0.25, -0.2) is 0 Å². The third-order valence-electron chi connectivity index (χ3n) is 4.54. The molecule has 1 nitrogen and oxygen atoms in total. The van der Waals surface area contributed by atoms with Crippen molar-refractivity contribution in [2.24, 2.45) is 0 Å². The normalized spacial score (nSPS) is 12.8. The Morgan fingerprint density at radius 2 is 1.45 bits per heavy atom. The second kappa shape index (κ2) is 6.00. The molecule has 108 valence electrons. The molecule has 0 radical (unpaired) electrons. The maximum absolute atomic E-state index is 3.68. The topological polar surface area (TPSA) is 12.0 Å². The SMILES string of the molecule is CNC(c1sccc1Br)c1c(C)c(C)c(C)c(C)c1C. The lowest BCUT2D eigenvalue weighted by atomic mass is 9.86. The first-order valence-corrected chi connectivity index (χ1v) is 8.54. The average molecular weight is 352 g/mol. The van der Waals surface area contributed by atoms with E-state index in [1.165, 1.54) is 42.7 Å². The molecule has 0 bridgehead atoms. The minimum atomic E-state index is 0.252. The van der Waals surface area contributed by atoms with Gasteiger partial charge in [-0.15, -0.1) is 11.3 Å². The van der Waals surface area contributed by atoms with E-state index in [0.29, 0.717) is 0 Å². The van der Waals surface area contributed by atoms with E-state index >= 15 is 0 Å². The lowest BCUT2D eigenvalue weighted by Crippen LogP contribution is -2.20. The fourth-order valence-corrected chi connectivity index (χ4v) is 4.60. The van der Waals surface area contributed by atoms with E-state index in [9.17, 15) is 0 Å². The van der Waals surface area contributed by atoms with E-state index in [4.69, 9.17) is 0 Å². The Kier molecular flexibility index (Phi) is 4.73. The van der Waals surface area contributed by atoms with Gasteiger partial charge in [-0.3, -0.25) is 0 Å². The molecule has 1 N–H and O–H groups in total. The van der Waals surface area contributed by atoms with Gasteiger partial charge in [0.05, 0.1) is 6.04 Å². The summed E-state index contributed by atoms with van der Waals surface area (Å²) in [6.45, 7) is 11.2. The van der Waals surface area contributed by atoms with Crippen LogP contribution in [0.4, 0.5) is 0 Å². The van der Waals surface area contributed by atoms with Crippen LogP contribution in [0.15, 0.2) is 15.9 Å². The zero-order valence-electron chi connectivity index (χ0n) is 13.0. The highest BCUT2D eigenvalue weighted by molar-refractivity contribution is 9.10. The molecular formula is C17H22BrNS. The summed E-state index contributed by atoms with van der Waals surface area (Å²) in [5.41, 5.74) is 8.49. The van der Waals surface area contributed by atoms with Gasteiger partial charge in [0.25, 0.3) is 0 Å². The standard InChI is InChI=1S/C17H22BrNS/c1-9-10(2)12(4)15(13(5)11(9)3)16(19-6)17-14(18)7-8-20-17/h7-8,16,19H,1-6H3. The van der Waals surface area contributed by atoms with Gasteiger partial charge in [-0.2, -0.15) is 0 Å². The number of hydrogen-bond donors (Lipinski definition) is 1. The van der Waals surface area contributed by atoms with Gasteiger partial charge in [0.1, 0.15) is 0 Å². The summed E-state index contributed by atoms with van der Waals surface area (Å²) in [4.78, 5) is 1.35. The number of nitrogens with one attached hydrogen (secondary N) is 1. The molecule has 1 aromatic heterocycles. The monoisotopic (exact) mass is 351 g/mol.